The highest BCUT2D eigenvalue weighted by molar-refractivity contribution is 7.88. The molecule has 2 aliphatic rings. The van der Waals surface area contributed by atoms with Crippen molar-refractivity contribution in [3.05, 3.63) is 17.6 Å². The maximum Gasteiger partial charge on any atom is 0.208 e. The third kappa shape index (κ3) is 4.64. The van der Waals surface area contributed by atoms with Crippen LogP contribution in [-0.2, 0) is 10.0 Å². The van der Waals surface area contributed by atoms with Crippen LogP contribution < -0.4 is 14.9 Å². The van der Waals surface area contributed by atoms with Crippen LogP contribution in [0.1, 0.15) is 43.1 Å². The number of sulfonamides is 1. The van der Waals surface area contributed by atoms with Crippen LogP contribution in [0.4, 0.5) is 5.82 Å². The number of nitrogens with zero attached hydrogens (tertiary/aromatic N) is 3. The van der Waals surface area contributed by atoms with Gasteiger partial charge in [0.05, 0.1) is 11.9 Å². The molecule has 0 spiro atoms. The van der Waals surface area contributed by atoms with Gasteiger partial charge in [-0.15, -0.1) is 0 Å². The first-order chi connectivity index (χ1) is 11.4. The minimum Gasteiger partial charge on any atom is -0.356 e. The Morgan fingerprint density at radius 2 is 2.00 bits per heavy atom. The van der Waals surface area contributed by atoms with Crippen molar-refractivity contribution < 1.29 is 8.42 Å². The summed E-state index contributed by atoms with van der Waals surface area (Å²) >= 11 is 0. The zero-order valence-electron chi connectivity index (χ0n) is 14.5. The van der Waals surface area contributed by atoms with Crippen molar-refractivity contribution in [3.8, 4) is 0 Å². The monoisotopic (exact) mass is 353 g/mol. The molecule has 2 N–H and O–H groups in total. The summed E-state index contributed by atoms with van der Waals surface area (Å²) < 4.78 is 25.4. The molecule has 0 aliphatic carbocycles. The van der Waals surface area contributed by atoms with E-state index in [1.54, 1.807) is 0 Å². The van der Waals surface area contributed by atoms with E-state index < -0.39 is 10.0 Å². The fourth-order valence-corrected chi connectivity index (χ4v) is 4.42. The summed E-state index contributed by atoms with van der Waals surface area (Å²) in [6.07, 6.45) is 5.18. The first-order valence-corrected chi connectivity index (χ1v) is 10.6. The average molecular weight is 353 g/mol. The quantitative estimate of drug-likeness (QED) is 0.831. The van der Waals surface area contributed by atoms with Crippen LogP contribution in [0.5, 0.6) is 0 Å². The molecular weight excluding hydrogens is 326 g/mol. The molecule has 2 aliphatic heterocycles. The molecule has 134 valence electrons. The van der Waals surface area contributed by atoms with Gasteiger partial charge in [-0.3, -0.25) is 0 Å². The van der Waals surface area contributed by atoms with Gasteiger partial charge in [0.15, 0.2) is 0 Å². The standard InChI is InChI=1S/C16H27N5O2S/c1-12-18-15(13-4-3-7-17-11-13)10-16(19-12)21-8-5-14(6-9-21)20-24(2,22)23/h10,13-14,17,20H,3-9,11H2,1-2H3/t13-/m0/s1. The molecule has 7 nitrogen and oxygen atoms in total. The molecule has 1 atom stereocenters. The van der Waals surface area contributed by atoms with Crippen molar-refractivity contribution >= 4 is 15.8 Å². The molecule has 0 radical (unpaired) electrons. The first-order valence-electron chi connectivity index (χ1n) is 8.69. The summed E-state index contributed by atoms with van der Waals surface area (Å²) in [5, 5.41) is 3.44. The molecule has 3 heterocycles. The van der Waals surface area contributed by atoms with Gasteiger partial charge in [-0.05, 0) is 39.2 Å². The maximum absolute atomic E-state index is 11.4. The lowest BCUT2D eigenvalue weighted by atomic mass is 9.95. The lowest BCUT2D eigenvalue weighted by Crippen LogP contribution is -2.44. The number of aromatic nitrogens is 2. The Hall–Kier alpha value is -1.25. The van der Waals surface area contributed by atoms with Gasteiger partial charge in [0.1, 0.15) is 11.6 Å². The molecular formula is C16H27N5O2S. The largest absolute Gasteiger partial charge is 0.356 e. The first kappa shape index (κ1) is 17.6. The van der Waals surface area contributed by atoms with E-state index in [4.69, 9.17) is 0 Å². The molecule has 0 bridgehead atoms. The van der Waals surface area contributed by atoms with E-state index in [9.17, 15) is 8.42 Å². The third-order valence-corrected chi connectivity index (χ3v) is 5.52. The van der Waals surface area contributed by atoms with E-state index in [-0.39, 0.29) is 6.04 Å². The molecule has 0 unspecified atom stereocenters. The van der Waals surface area contributed by atoms with Crippen molar-refractivity contribution in [3.63, 3.8) is 0 Å². The number of anilines is 1. The fraction of sp³-hybridized carbons (Fsp3) is 0.750. The highest BCUT2D eigenvalue weighted by atomic mass is 32.2. The van der Waals surface area contributed by atoms with E-state index in [2.05, 4.69) is 31.0 Å². The molecule has 0 amide bonds. The van der Waals surface area contributed by atoms with Crippen molar-refractivity contribution in [1.82, 2.24) is 20.0 Å². The molecule has 0 saturated carbocycles. The molecule has 24 heavy (non-hydrogen) atoms. The van der Waals surface area contributed by atoms with Gasteiger partial charge in [0.25, 0.3) is 0 Å². The normalized spacial score (nSPS) is 23.4. The van der Waals surface area contributed by atoms with Gasteiger partial charge in [0.2, 0.25) is 10.0 Å². The number of hydrogen-bond donors (Lipinski definition) is 2. The van der Waals surface area contributed by atoms with Crippen LogP contribution in [0, 0.1) is 6.92 Å². The van der Waals surface area contributed by atoms with Crippen LogP contribution in [-0.4, -0.2) is 56.9 Å². The minimum absolute atomic E-state index is 0.0289. The second-order valence-electron chi connectivity index (χ2n) is 6.89. The summed E-state index contributed by atoms with van der Waals surface area (Å²) in [7, 11) is -3.13. The van der Waals surface area contributed by atoms with E-state index >= 15 is 0 Å². The van der Waals surface area contributed by atoms with Crippen molar-refractivity contribution in [2.45, 2.75) is 44.6 Å². The molecule has 1 aromatic heterocycles. The Bertz CT molecular complexity index is 665. The molecule has 3 rings (SSSR count). The Labute approximate surface area is 144 Å². The molecule has 0 aromatic carbocycles. The summed E-state index contributed by atoms with van der Waals surface area (Å²) in [5.41, 5.74) is 1.13. The van der Waals surface area contributed by atoms with Gasteiger partial charge in [-0.2, -0.15) is 0 Å². The highest BCUT2D eigenvalue weighted by Gasteiger charge is 2.24. The number of piperidine rings is 2. The summed E-state index contributed by atoms with van der Waals surface area (Å²) in [6.45, 7) is 5.64. The predicted molar refractivity (Wildman–Crippen MR) is 94.8 cm³/mol. The lowest BCUT2D eigenvalue weighted by molar-refractivity contribution is 0.450. The van der Waals surface area contributed by atoms with E-state index in [0.29, 0.717) is 5.92 Å². The zero-order valence-corrected chi connectivity index (χ0v) is 15.3. The predicted octanol–water partition coefficient (Wildman–Crippen LogP) is 0.770. The van der Waals surface area contributed by atoms with Crippen LogP contribution in [0.3, 0.4) is 0 Å². The topological polar surface area (TPSA) is 87.2 Å². The minimum atomic E-state index is -3.13. The Morgan fingerprint density at radius 1 is 1.25 bits per heavy atom. The highest BCUT2D eigenvalue weighted by Crippen LogP contribution is 2.26. The van der Waals surface area contributed by atoms with Gasteiger partial charge in [-0.25, -0.2) is 23.1 Å². The van der Waals surface area contributed by atoms with Gasteiger partial charge < -0.3 is 10.2 Å². The number of rotatable bonds is 4. The molecule has 2 saturated heterocycles. The van der Waals surface area contributed by atoms with E-state index in [1.165, 1.54) is 19.1 Å². The zero-order chi connectivity index (χ0) is 17.2. The summed E-state index contributed by atoms with van der Waals surface area (Å²) in [5.74, 6) is 2.24. The molecule has 2 fully saturated rings. The van der Waals surface area contributed by atoms with Crippen LogP contribution in [0.25, 0.3) is 0 Å². The smallest absolute Gasteiger partial charge is 0.208 e. The third-order valence-electron chi connectivity index (χ3n) is 4.76. The van der Waals surface area contributed by atoms with E-state index in [1.807, 2.05) is 6.92 Å². The van der Waals surface area contributed by atoms with Gasteiger partial charge in [-0.1, -0.05) is 0 Å². The van der Waals surface area contributed by atoms with Crippen LogP contribution in [0.2, 0.25) is 0 Å². The Balaban J connectivity index is 1.68. The number of aryl methyl sites for hydroxylation is 1. The number of nitrogens with one attached hydrogen (secondary N) is 2. The lowest BCUT2D eigenvalue weighted by Gasteiger charge is -2.33. The maximum atomic E-state index is 11.4. The van der Waals surface area contributed by atoms with E-state index in [0.717, 1.165) is 56.4 Å². The van der Waals surface area contributed by atoms with Crippen molar-refractivity contribution in [2.24, 2.45) is 0 Å². The Kier molecular flexibility index (Phi) is 5.36. The fourth-order valence-electron chi connectivity index (χ4n) is 3.58. The summed E-state index contributed by atoms with van der Waals surface area (Å²) in [4.78, 5) is 11.5. The second-order valence-corrected chi connectivity index (χ2v) is 8.67. The van der Waals surface area contributed by atoms with Crippen molar-refractivity contribution in [1.29, 1.82) is 0 Å². The SMILES string of the molecule is Cc1nc([C@H]2CCCNC2)cc(N2CCC(NS(C)(=O)=O)CC2)n1. The van der Waals surface area contributed by atoms with Crippen LogP contribution >= 0.6 is 0 Å². The van der Waals surface area contributed by atoms with Crippen LogP contribution in [0.15, 0.2) is 6.07 Å². The Morgan fingerprint density at radius 3 is 2.62 bits per heavy atom. The van der Waals surface area contributed by atoms with Gasteiger partial charge >= 0.3 is 0 Å². The summed E-state index contributed by atoms with van der Waals surface area (Å²) in [6, 6.07) is 2.15. The van der Waals surface area contributed by atoms with Crippen molar-refractivity contribution in [2.75, 3.05) is 37.3 Å². The van der Waals surface area contributed by atoms with Gasteiger partial charge in [0, 0.05) is 37.7 Å². The number of hydrogen-bond acceptors (Lipinski definition) is 6. The molecule has 8 heteroatoms. The average Bonchev–Trinajstić information content (AvgIpc) is 2.54. The second kappa shape index (κ2) is 7.33. The molecule has 1 aromatic rings.